The molecule has 0 saturated carbocycles. The Bertz CT molecular complexity index is 1640. The molecular formula is C40H55N5O3. The van der Waals surface area contributed by atoms with E-state index in [-0.39, 0.29) is 40.4 Å². The van der Waals surface area contributed by atoms with Crippen LogP contribution in [0.5, 0.6) is 0 Å². The van der Waals surface area contributed by atoms with E-state index in [9.17, 15) is 14.4 Å². The highest BCUT2D eigenvalue weighted by molar-refractivity contribution is 6.00. The molecule has 48 heavy (non-hydrogen) atoms. The Hall–Kier alpha value is -3.94. The summed E-state index contributed by atoms with van der Waals surface area (Å²) in [5.41, 5.74) is 5.21. The number of rotatable bonds is 7. The molecule has 1 aromatic heterocycles. The van der Waals surface area contributed by atoms with E-state index in [0.29, 0.717) is 24.8 Å². The molecule has 258 valence electrons. The van der Waals surface area contributed by atoms with Crippen LogP contribution in [-0.4, -0.2) is 50.0 Å². The minimum absolute atomic E-state index is 0.0808. The predicted octanol–water partition coefficient (Wildman–Crippen LogP) is 6.58. The van der Waals surface area contributed by atoms with Crippen molar-refractivity contribution < 1.29 is 14.4 Å². The molecule has 1 aliphatic carbocycles. The molecule has 1 fully saturated rings. The van der Waals surface area contributed by atoms with Gasteiger partial charge in [-0.25, -0.2) is 4.68 Å². The van der Waals surface area contributed by atoms with Crippen LogP contribution in [0.15, 0.2) is 54.6 Å². The van der Waals surface area contributed by atoms with E-state index in [1.807, 2.05) is 75.7 Å². The quantitative estimate of drug-likeness (QED) is 0.301. The second-order valence-corrected chi connectivity index (χ2v) is 17.4. The summed E-state index contributed by atoms with van der Waals surface area (Å²) in [6.45, 7) is 22.9. The lowest BCUT2D eigenvalue weighted by Crippen LogP contribution is -2.67. The van der Waals surface area contributed by atoms with Gasteiger partial charge in [0, 0.05) is 22.1 Å². The SMILES string of the molecule is CC(C)C[C@@H]1C(=O)N[C@H](C2Cc3ccccc3C2)C(=O)N1[C@@H](C(=O)NC(C)(C)C)c1ccc(-n2nc(C(C)(C)C)cc2C(C)(C)C)cc1. The Kier molecular flexibility index (Phi) is 9.45. The topological polar surface area (TPSA) is 96.3 Å². The van der Waals surface area contributed by atoms with Crippen LogP contribution in [0.25, 0.3) is 5.69 Å². The molecule has 2 N–H and O–H groups in total. The van der Waals surface area contributed by atoms with Crippen molar-refractivity contribution in [3.05, 3.63) is 82.7 Å². The summed E-state index contributed by atoms with van der Waals surface area (Å²) in [6, 6.07) is 15.7. The summed E-state index contributed by atoms with van der Waals surface area (Å²) < 4.78 is 1.99. The van der Waals surface area contributed by atoms with E-state index < -0.39 is 23.7 Å². The molecule has 0 radical (unpaired) electrons. The van der Waals surface area contributed by atoms with Gasteiger partial charge in [-0.15, -0.1) is 0 Å². The summed E-state index contributed by atoms with van der Waals surface area (Å²) >= 11 is 0. The first-order valence-corrected chi connectivity index (χ1v) is 17.5. The molecule has 8 heteroatoms. The molecular weight excluding hydrogens is 598 g/mol. The molecule has 2 aliphatic rings. The fraction of sp³-hybridized carbons (Fsp3) is 0.550. The fourth-order valence-corrected chi connectivity index (χ4v) is 7.03. The van der Waals surface area contributed by atoms with Crippen molar-refractivity contribution in [3.63, 3.8) is 0 Å². The van der Waals surface area contributed by atoms with Crippen molar-refractivity contribution in [2.24, 2.45) is 11.8 Å². The molecule has 0 bridgehead atoms. The van der Waals surface area contributed by atoms with E-state index in [1.54, 1.807) is 4.90 Å². The smallest absolute Gasteiger partial charge is 0.247 e. The van der Waals surface area contributed by atoms with Crippen LogP contribution < -0.4 is 10.6 Å². The van der Waals surface area contributed by atoms with Crippen LogP contribution in [0, 0.1) is 11.8 Å². The van der Waals surface area contributed by atoms with Crippen LogP contribution >= 0.6 is 0 Å². The van der Waals surface area contributed by atoms with Gasteiger partial charge in [0.05, 0.1) is 11.4 Å². The number of fused-ring (bicyclic) bond motifs is 1. The zero-order chi connectivity index (χ0) is 35.3. The Labute approximate surface area is 287 Å². The molecule has 1 aliphatic heterocycles. The van der Waals surface area contributed by atoms with Crippen LogP contribution in [0.3, 0.4) is 0 Å². The lowest BCUT2D eigenvalue weighted by molar-refractivity contribution is -0.158. The van der Waals surface area contributed by atoms with Crippen molar-refractivity contribution in [1.29, 1.82) is 0 Å². The molecule has 2 aromatic carbocycles. The number of aromatic nitrogens is 2. The van der Waals surface area contributed by atoms with Gasteiger partial charge in [-0.05, 0) is 86.8 Å². The zero-order valence-electron chi connectivity index (χ0n) is 30.8. The normalized spacial score (nSPS) is 19.8. The van der Waals surface area contributed by atoms with Crippen LogP contribution in [0.4, 0.5) is 0 Å². The monoisotopic (exact) mass is 653 g/mol. The maximum absolute atomic E-state index is 14.7. The lowest BCUT2D eigenvalue weighted by Gasteiger charge is -2.45. The third-order valence-electron chi connectivity index (χ3n) is 9.43. The number of hydrogen-bond donors (Lipinski definition) is 2. The zero-order valence-corrected chi connectivity index (χ0v) is 30.8. The average molecular weight is 654 g/mol. The number of nitrogens with one attached hydrogen (secondary N) is 2. The second-order valence-electron chi connectivity index (χ2n) is 17.4. The minimum atomic E-state index is -0.989. The van der Waals surface area contributed by atoms with Crippen molar-refractivity contribution in [2.75, 3.05) is 0 Å². The fourth-order valence-electron chi connectivity index (χ4n) is 7.03. The first-order chi connectivity index (χ1) is 22.2. The summed E-state index contributed by atoms with van der Waals surface area (Å²) in [6.07, 6.45) is 1.86. The molecule has 3 amide bonds. The highest BCUT2D eigenvalue weighted by atomic mass is 16.2. The average Bonchev–Trinajstić information content (AvgIpc) is 3.61. The molecule has 0 spiro atoms. The number of piperazine rings is 1. The van der Waals surface area contributed by atoms with Gasteiger partial charge in [-0.1, -0.05) is 91.8 Å². The highest BCUT2D eigenvalue weighted by Gasteiger charge is 2.49. The molecule has 3 atom stereocenters. The third kappa shape index (κ3) is 7.37. The molecule has 5 rings (SSSR count). The van der Waals surface area contributed by atoms with Gasteiger partial charge in [-0.2, -0.15) is 5.10 Å². The number of nitrogens with zero attached hydrogens (tertiary/aromatic N) is 3. The van der Waals surface area contributed by atoms with Crippen molar-refractivity contribution in [1.82, 2.24) is 25.3 Å². The first kappa shape index (κ1) is 35.4. The van der Waals surface area contributed by atoms with Crippen LogP contribution in [-0.2, 0) is 38.1 Å². The minimum Gasteiger partial charge on any atom is -0.349 e. The maximum Gasteiger partial charge on any atom is 0.247 e. The molecule has 8 nitrogen and oxygen atoms in total. The summed E-state index contributed by atoms with van der Waals surface area (Å²) in [5, 5.41) is 11.3. The second kappa shape index (κ2) is 12.8. The standard InChI is InChI=1S/C40H55N5O3/c1-24(2)20-30-35(46)41-33(28-21-26-14-12-13-15-27(26)22-28)37(48)44(30)34(36(47)42-40(9,10)11)25-16-18-29(19-17-25)45-32(39(6,7)8)23-31(43-45)38(3,4)5/h12-19,23-24,28,30,33-34H,20-22H2,1-11H3,(H,41,46)(H,42,47)/t30-,33-,34-/m1/s1. The largest absolute Gasteiger partial charge is 0.349 e. The van der Waals surface area contributed by atoms with E-state index in [4.69, 9.17) is 5.10 Å². The van der Waals surface area contributed by atoms with Gasteiger partial charge in [0.2, 0.25) is 17.7 Å². The highest BCUT2D eigenvalue weighted by Crippen LogP contribution is 2.36. The number of carbonyl (C=O) groups is 3. The van der Waals surface area contributed by atoms with Crippen molar-refractivity contribution >= 4 is 17.7 Å². The first-order valence-electron chi connectivity index (χ1n) is 17.5. The Morgan fingerprint density at radius 1 is 0.896 bits per heavy atom. The number of benzene rings is 2. The van der Waals surface area contributed by atoms with Gasteiger partial charge in [0.15, 0.2) is 0 Å². The van der Waals surface area contributed by atoms with E-state index in [2.05, 4.69) is 70.4 Å². The van der Waals surface area contributed by atoms with E-state index >= 15 is 0 Å². The molecule has 0 unspecified atom stereocenters. The van der Waals surface area contributed by atoms with Gasteiger partial charge in [0.25, 0.3) is 0 Å². The van der Waals surface area contributed by atoms with Gasteiger partial charge >= 0.3 is 0 Å². The Morgan fingerprint density at radius 3 is 1.98 bits per heavy atom. The van der Waals surface area contributed by atoms with Gasteiger partial charge in [-0.3, -0.25) is 14.4 Å². The van der Waals surface area contributed by atoms with Gasteiger partial charge in [0.1, 0.15) is 18.1 Å². The van der Waals surface area contributed by atoms with Crippen LogP contribution in [0.1, 0.15) is 117 Å². The molecule has 2 heterocycles. The number of hydrogen-bond acceptors (Lipinski definition) is 4. The van der Waals surface area contributed by atoms with E-state index in [0.717, 1.165) is 17.1 Å². The summed E-state index contributed by atoms with van der Waals surface area (Å²) in [5.74, 6) is -0.652. The Balaban J connectivity index is 1.59. The van der Waals surface area contributed by atoms with E-state index in [1.165, 1.54) is 11.1 Å². The maximum atomic E-state index is 14.7. The van der Waals surface area contributed by atoms with Gasteiger partial charge < -0.3 is 15.5 Å². The molecule has 3 aromatic rings. The lowest BCUT2D eigenvalue weighted by atomic mass is 9.87. The predicted molar refractivity (Wildman–Crippen MR) is 191 cm³/mol. The van der Waals surface area contributed by atoms with Crippen LogP contribution in [0.2, 0.25) is 0 Å². The van der Waals surface area contributed by atoms with Crippen molar-refractivity contribution in [3.8, 4) is 5.69 Å². The third-order valence-corrected chi connectivity index (χ3v) is 9.43. The molecule has 1 saturated heterocycles. The van der Waals surface area contributed by atoms with Crippen molar-refractivity contribution in [2.45, 2.75) is 130 Å². The summed E-state index contributed by atoms with van der Waals surface area (Å²) in [4.78, 5) is 44.7. The Morgan fingerprint density at radius 2 is 1.48 bits per heavy atom. The number of amides is 3. The number of carbonyl (C=O) groups excluding carboxylic acids is 3. The summed E-state index contributed by atoms with van der Waals surface area (Å²) in [7, 11) is 0.